The van der Waals surface area contributed by atoms with Gasteiger partial charge in [0.1, 0.15) is 5.75 Å². The Morgan fingerprint density at radius 1 is 1.27 bits per heavy atom. The third-order valence-corrected chi connectivity index (χ3v) is 4.81. The van der Waals surface area contributed by atoms with E-state index in [0.717, 1.165) is 41.0 Å². The van der Waals surface area contributed by atoms with E-state index in [1.807, 2.05) is 29.0 Å². The predicted molar refractivity (Wildman–Crippen MR) is 103 cm³/mol. The average Bonchev–Trinajstić information content (AvgIpc) is 2.98. The monoisotopic (exact) mass is 348 g/mol. The van der Waals surface area contributed by atoms with Crippen molar-refractivity contribution < 1.29 is 14.3 Å². The van der Waals surface area contributed by atoms with E-state index in [4.69, 9.17) is 9.47 Å². The lowest BCUT2D eigenvalue weighted by Gasteiger charge is -2.19. The number of nitrogens with zero attached hydrogens (tertiary/aromatic N) is 1. The Bertz CT molecular complexity index is 1020. The number of rotatable bonds is 3. The Kier molecular flexibility index (Phi) is 3.92. The summed E-state index contributed by atoms with van der Waals surface area (Å²) in [5.41, 5.74) is 4.64. The summed E-state index contributed by atoms with van der Waals surface area (Å²) in [5.74, 6) is 0.968. The summed E-state index contributed by atoms with van der Waals surface area (Å²) < 4.78 is 12.6. The molecule has 0 radical (unpaired) electrons. The Morgan fingerprint density at radius 3 is 2.88 bits per heavy atom. The Labute approximate surface area is 151 Å². The number of benzene rings is 1. The molecule has 0 bridgehead atoms. The van der Waals surface area contributed by atoms with E-state index in [1.54, 1.807) is 19.3 Å². The molecule has 0 atom stereocenters. The number of fused-ring (bicyclic) bond motifs is 3. The van der Waals surface area contributed by atoms with E-state index in [1.165, 1.54) is 12.7 Å². The van der Waals surface area contributed by atoms with Gasteiger partial charge in [-0.05, 0) is 36.3 Å². The lowest BCUT2D eigenvalue weighted by atomic mass is 10.0. The fraction of sp³-hybridized carbons (Fsp3) is 0.190. The van der Waals surface area contributed by atoms with Crippen LogP contribution in [0.1, 0.15) is 11.3 Å². The first kappa shape index (κ1) is 16.3. The molecule has 1 aliphatic carbocycles. The molecule has 0 spiro atoms. The van der Waals surface area contributed by atoms with Gasteiger partial charge in [-0.3, -0.25) is 4.79 Å². The quantitative estimate of drug-likeness (QED) is 0.865. The smallest absolute Gasteiger partial charge is 0.229 e. The Balaban J connectivity index is 1.97. The summed E-state index contributed by atoms with van der Waals surface area (Å²) in [6, 6.07) is 6.02. The van der Waals surface area contributed by atoms with Crippen LogP contribution in [-0.4, -0.2) is 31.1 Å². The Hall–Kier alpha value is -3.21. The highest BCUT2D eigenvalue weighted by Crippen LogP contribution is 2.35. The minimum Gasteiger partial charge on any atom is -0.497 e. The molecule has 1 aromatic heterocycles. The maximum Gasteiger partial charge on any atom is 0.229 e. The van der Waals surface area contributed by atoms with Crippen LogP contribution in [0, 0.1) is 0 Å². The van der Waals surface area contributed by atoms with Gasteiger partial charge in [0.15, 0.2) is 5.76 Å². The second-order valence-corrected chi connectivity index (χ2v) is 6.24. The van der Waals surface area contributed by atoms with E-state index in [2.05, 4.69) is 18.0 Å². The lowest BCUT2D eigenvalue weighted by molar-refractivity contribution is -0.114. The third-order valence-electron chi connectivity index (χ3n) is 4.81. The van der Waals surface area contributed by atoms with Crippen molar-refractivity contribution in [2.45, 2.75) is 6.42 Å². The number of hydrogen-bond acceptors (Lipinski definition) is 4. The van der Waals surface area contributed by atoms with Gasteiger partial charge in [0.25, 0.3) is 0 Å². The number of methoxy groups -OCH3 is 2. The molecule has 1 aliphatic heterocycles. The van der Waals surface area contributed by atoms with Crippen molar-refractivity contribution >= 4 is 28.6 Å². The van der Waals surface area contributed by atoms with Gasteiger partial charge in [0, 0.05) is 29.8 Å². The Morgan fingerprint density at radius 2 is 2.12 bits per heavy atom. The molecule has 2 heterocycles. The average molecular weight is 348 g/mol. The topological polar surface area (TPSA) is 52.5 Å². The van der Waals surface area contributed by atoms with Gasteiger partial charge in [0.2, 0.25) is 5.78 Å². The molecule has 0 saturated heterocycles. The molecule has 132 valence electrons. The predicted octanol–water partition coefficient (Wildman–Crippen LogP) is 3.28. The molecule has 5 heteroatoms. The summed E-state index contributed by atoms with van der Waals surface area (Å²) >= 11 is 0. The van der Waals surface area contributed by atoms with Gasteiger partial charge in [-0.1, -0.05) is 12.7 Å². The zero-order chi connectivity index (χ0) is 18.3. The van der Waals surface area contributed by atoms with E-state index in [-0.39, 0.29) is 5.78 Å². The second kappa shape index (κ2) is 6.26. The third kappa shape index (κ3) is 2.44. The summed E-state index contributed by atoms with van der Waals surface area (Å²) in [6.45, 7) is 5.02. The van der Waals surface area contributed by atoms with E-state index >= 15 is 0 Å². The molecule has 1 N–H and O–H groups in total. The number of carbonyl (C=O) groups excluding carboxylic acids is 1. The molecule has 2 aromatic rings. The summed E-state index contributed by atoms with van der Waals surface area (Å²) in [4.78, 5) is 12.6. The van der Waals surface area contributed by atoms with Crippen LogP contribution >= 0.6 is 0 Å². The van der Waals surface area contributed by atoms with Crippen LogP contribution in [0.25, 0.3) is 22.8 Å². The molecular formula is C21H20N2O3. The molecule has 4 rings (SSSR count). The SMILES string of the molecule is C=C1NCCc2c1n(/C=C1/C=CC=C(OC)C1=O)c1cc(OC)ccc21. The first-order valence-electron chi connectivity index (χ1n) is 8.47. The number of aromatic nitrogens is 1. The van der Waals surface area contributed by atoms with Crippen LogP contribution in [-0.2, 0) is 16.0 Å². The molecule has 0 fully saturated rings. The molecular weight excluding hydrogens is 328 g/mol. The first-order chi connectivity index (χ1) is 12.6. The van der Waals surface area contributed by atoms with E-state index in [0.29, 0.717) is 11.3 Å². The van der Waals surface area contributed by atoms with Gasteiger partial charge >= 0.3 is 0 Å². The van der Waals surface area contributed by atoms with E-state index < -0.39 is 0 Å². The summed E-state index contributed by atoms with van der Waals surface area (Å²) in [7, 11) is 3.15. The van der Waals surface area contributed by atoms with Crippen LogP contribution < -0.4 is 10.1 Å². The number of Topliss-reactive ketones (excluding diaryl/α,β-unsaturated/α-hetero) is 1. The fourth-order valence-corrected chi connectivity index (χ4v) is 3.56. The minimum atomic E-state index is -0.136. The lowest BCUT2D eigenvalue weighted by Crippen LogP contribution is -2.23. The highest BCUT2D eigenvalue weighted by molar-refractivity contribution is 6.12. The number of hydrogen-bond donors (Lipinski definition) is 1. The molecule has 0 saturated carbocycles. The van der Waals surface area contributed by atoms with Gasteiger partial charge < -0.3 is 19.4 Å². The van der Waals surface area contributed by atoms with Crippen molar-refractivity contribution in [2.75, 3.05) is 20.8 Å². The van der Waals surface area contributed by atoms with Gasteiger partial charge in [-0.15, -0.1) is 0 Å². The molecule has 26 heavy (non-hydrogen) atoms. The molecule has 0 amide bonds. The largest absolute Gasteiger partial charge is 0.497 e. The number of allylic oxidation sites excluding steroid dienone is 4. The van der Waals surface area contributed by atoms with Crippen LogP contribution in [0.4, 0.5) is 0 Å². The van der Waals surface area contributed by atoms with Crippen LogP contribution in [0.5, 0.6) is 5.75 Å². The van der Waals surface area contributed by atoms with Crippen LogP contribution in [0.15, 0.2) is 54.3 Å². The zero-order valence-corrected chi connectivity index (χ0v) is 14.8. The fourth-order valence-electron chi connectivity index (χ4n) is 3.56. The van der Waals surface area contributed by atoms with Crippen LogP contribution in [0.3, 0.4) is 0 Å². The summed E-state index contributed by atoms with van der Waals surface area (Å²) in [5, 5.41) is 4.47. The van der Waals surface area contributed by atoms with Crippen LogP contribution in [0.2, 0.25) is 0 Å². The molecule has 0 unspecified atom stereocenters. The molecule has 1 aromatic carbocycles. The maximum absolute atomic E-state index is 12.6. The number of ketones is 1. The molecule has 5 nitrogen and oxygen atoms in total. The van der Waals surface area contributed by atoms with Gasteiger partial charge in [-0.25, -0.2) is 0 Å². The minimum absolute atomic E-state index is 0.136. The summed E-state index contributed by atoms with van der Waals surface area (Å²) in [6.07, 6.45) is 8.04. The second-order valence-electron chi connectivity index (χ2n) is 6.24. The first-order valence-corrected chi connectivity index (χ1v) is 8.47. The zero-order valence-electron chi connectivity index (χ0n) is 14.8. The highest BCUT2D eigenvalue weighted by atomic mass is 16.5. The normalized spacial score (nSPS) is 17.9. The van der Waals surface area contributed by atoms with Crippen molar-refractivity contribution in [3.8, 4) is 5.75 Å². The molecule has 2 aliphatic rings. The highest BCUT2D eigenvalue weighted by Gasteiger charge is 2.24. The standard InChI is InChI=1S/C21H20N2O3/c1-13-20-17(9-10-22-13)16-8-7-15(25-2)11-18(16)23(20)12-14-5-4-6-19(26-3)21(14)24/h4-8,11-12,22H,1,9-10H2,2-3H3/b14-12-. The number of ether oxygens (including phenoxy) is 2. The maximum atomic E-state index is 12.6. The van der Waals surface area contributed by atoms with Crippen molar-refractivity contribution in [3.05, 3.63) is 65.6 Å². The number of carbonyl (C=O) groups is 1. The van der Waals surface area contributed by atoms with Crippen molar-refractivity contribution in [2.24, 2.45) is 0 Å². The van der Waals surface area contributed by atoms with Crippen molar-refractivity contribution in [1.82, 2.24) is 9.88 Å². The number of nitrogens with one attached hydrogen (secondary N) is 1. The van der Waals surface area contributed by atoms with Gasteiger partial charge in [-0.2, -0.15) is 0 Å². The van der Waals surface area contributed by atoms with Crippen molar-refractivity contribution in [3.63, 3.8) is 0 Å². The van der Waals surface area contributed by atoms with Gasteiger partial charge in [0.05, 0.1) is 31.1 Å². The van der Waals surface area contributed by atoms with E-state index in [9.17, 15) is 4.79 Å². The van der Waals surface area contributed by atoms with Crippen molar-refractivity contribution in [1.29, 1.82) is 0 Å².